The largest absolute Gasteiger partial charge is 0.658 e. The van der Waals surface area contributed by atoms with E-state index < -0.39 is 0 Å². The first-order valence-corrected chi connectivity index (χ1v) is 5.73. The van der Waals surface area contributed by atoms with Crippen molar-refractivity contribution in [2.24, 2.45) is 0 Å². The minimum absolute atomic E-state index is 0.319. The maximum Gasteiger partial charge on any atom is 0.658 e. The fourth-order valence-electron chi connectivity index (χ4n) is 1.62. The molecule has 2 nitrogen and oxygen atoms in total. The topological polar surface area (TPSA) is 18.5 Å². The van der Waals surface area contributed by atoms with Gasteiger partial charge in [-0.2, -0.15) is 0 Å². The van der Waals surface area contributed by atoms with E-state index in [2.05, 4.69) is 0 Å². The zero-order valence-corrected chi connectivity index (χ0v) is 10.6. The van der Waals surface area contributed by atoms with Crippen LogP contribution in [0.4, 0.5) is 8.78 Å². The van der Waals surface area contributed by atoms with Gasteiger partial charge < -0.3 is 9.31 Å². The summed E-state index contributed by atoms with van der Waals surface area (Å²) in [4.78, 5) is 0. The molecule has 0 aliphatic carbocycles. The average Bonchev–Trinajstić information content (AvgIpc) is 2.34. The van der Waals surface area contributed by atoms with E-state index in [4.69, 9.17) is 9.31 Å². The first-order valence-electron chi connectivity index (χ1n) is 5.73. The predicted molar refractivity (Wildman–Crippen MR) is 69.3 cm³/mol. The lowest BCUT2D eigenvalue weighted by molar-refractivity contribution is 0.453. The summed E-state index contributed by atoms with van der Waals surface area (Å²) >= 11 is 0. The third kappa shape index (κ3) is 3.47. The third-order valence-electron chi connectivity index (χ3n) is 2.62. The molecule has 0 atom stereocenters. The minimum atomic E-state index is -0.319. The summed E-state index contributed by atoms with van der Waals surface area (Å²) in [6.07, 6.45) is 0. The molecule has 0 bridgehead atoms. The van der Waals surface area contributed by atoms with Crippen LogP contribution in [0.25, 0.3) is 0 Å². The molecule has 97 valence electrons. The highest BCUT2D eigenvalue weighted by Gasteiger charge is 2.07. The molecule has 2 rings (SSSR count). The molecule has 0 amide bonds. The van der Waals surface area contributed by atoms with Gasteiger partial charge in [0.05, 0.1) is 0 Å². The van der Waals surface area contributed by atoms with E-state index in [0.29, 0.717) is 22.6 Å². The van der Waals surface area contributed by atoms with Crippen molar-refractivity contribution in [3.05, 3.63) is 59.2 Å². The maximum absolute atomic E-state index is 12.9. The lowest BCUT2D eigenvalue weighted by Crippen LogP contribution is -2.12. The van der Waals surface area contributed by atoms with E-state index in [1.165, 1.54) is 36.4 Å². The average molecular weight is 261 g/mol. The molecule has 0 aliphatic rings. The predicted octanol–water partition coefficient (Wildman–Crippen LogP) is 3.57. The van der Waals surface area contributed by atoms with Crippen molar-refractivity contribution < 1.29 is 18.1 Å². The van der Waals surface area contributed by atoms with Gasteiger partial charge in [0, 0.05) is 0 Å². The van der Waals surface area contributed by atoms with Gasteiger partial charge in [-0.3, -0.25) is 0 Å². The van der Waals surface area contributed by atoms with Crippen molar-refractivity contribution >= 4 is 7.69 Å². The molecule has 2 aromatic rings. The highest BCUT2D eigenvalue weighted by atomic mass is 19.1. The summed E-state index contributed by atoms with van der Waals surface area (Å²) < 4.78 is 36.3. The van der Waals surface area contributed by atoms with E-state index in [1.807, 2.05) is 0 Å². The zero-order valence-electron chi connectivity index (χ0n) is 10.6. The van der Waals surface area contributed by atoms with E-state index >= 15 is 0 Å². The second-order valence-corrected chi connectivity index (χ2v) is 4.15. The van der Waals surface area contributed by atoms with Crippen LogP contribution in [0, 0.1) is 25.5 Å². The van der Waals surface area contributed by atoms with E-state index in [-0.39, 0.29) is 11.6 Å². The van der Waals surface area contributed by atoms with E-state index in [0.717, 1.165) is 7.69 Å². The maximum atomic E-state index is 12.9. The first-order chi connectivity index (χ1) is 9.06. The Morgan fingerprint density at radius 1 is 0.789 bits per heavy atom. The van der Waals surface area contributed by atoms with Gasteiger partial charge in [-0.1, -0.05) is 0 Å². The van der Waals surface area contributed by atoms with Crippen LogP contribution in [0.2, 0.25) is 0 Å². The van der Waals surface area contributed by atoms with Crippen LogP contribution in [0.3, 0.4) is 0 Å². The number of rotatable bonds is 4. The van der Waals surface area contributed by atoms with Gasteiger partial charge in [0.1, 0.15) is 23.1 Å². The molecule has 0 unspecified atom stereocenters. The number of hydrogen-bond acceptors (Lipinski definition) is 2. The molecule has 0 aliphatic heterocycles. The zero-order chi connectivity index (χ0) is 13.8. The van der Waals surface area contributed by atoms with Crippen molar-refractivity contribution in [1.29, 1.82) is 0 Å². The van der Waals surface area contributed by atoms with Gasteiger partial charge in [-0.15, -0.1) is 0 Å². The molecule has 2 aromatic carbocycles. The molecule has 0 fully saturated rings. The van der Waals surface area contributed by atoms with Crippen LogP contribution in [-0.4, -0.2) is 7.69 Å². The Hall–Kier alpha value is -2.04. The number of hydrogen-bond donors (Lipinski definition) is 0. The normalized spacial score (nSPS) is 10.1. The van der Waals surface area contributed by atoms with Crippen molar-refractivity contribution in [2.45, 2.75) is 13.8 Å². The fourth-order valence-corrected chi connectivity index (χ4v) is 1.62. The molecule has 1 radical (unpaired) electrons. The summed E-state index contributed by atoms with van der Waals surface area (Å²) in [5, 5.41) is 0. The first kappa shape index (κ1) is 13.4. The van der Waals surface area contributed by atoms with Gasteiger partial charge in [0.25, 0.3) is 0 Å². The second-order valence-electron chi connectivity index (χ2n) is 4.15. The van der Waals surface area contributed by atoms with Crippen LogP contribution in [0.5, 0.6) is 11.5 Å². The molecular weight excluding hydrogens is 249 g/mol. The van der Waals surface area contributed by atoms with Gasteiger partial charge >= 0.3 is 7.69 Å². The molecule has 0 heterocycles. The SMILES string of the molecule is Cc1cc(F)ccc1O[B]Oc1ccc(F)cc1C. The van der Waals surface area contributed by atoms with Crippen LogP contribution >= 0.6 is 0 Å². The van der Waals surface area contributed by atoms with Crippen LogP contribution in [-0.2, 0) is 0 Å². The Kier molecular flexibility index (Phi) is 4.05. The molecule has 19 heavy (non-hydrogen) atoms. The fraction of sp³-hybridized carbons (Fsp3) is 0.143. The molecule has 0 saturated heterocycles. The number of aryl methyl sites for hydroxylation is 2. The highest BCUT2D eigenvalue weighted by molar-refractivity contribution is 6.20. The second kappa shape index (κ2) is 5.74. The summed E-state index contributed by atoms with van der Waals surface area (Å²) in [5.41, 5.74) is 1.33. The molecular formula is C14H12BF2O2. The lowest BCUT2D eigenvalue weighted by atomic mass is 10.2. The lowest BCUT2D eigenvalue weighted by Gasteiger charge is -2.10. The smallest absolute Gasteiger partial charge is 0.526 e. The summed E-state index contributed by atoms with van der Waals surface area (Å²) in [6.45, 7) is 3.46. The van der Waals surface area contributed by atoms with Crippen LogP contribution in [0.15, 0.2) is 36.4 Å². The van der Waals surface area contributed by atoms with Crippen molar-refractivity contribution in [1.82, 2.24) is 0 Å². The number of halogens is 2. The Morgan fingerprint density at radius 3 is 1.58 bits per heavy atom. The van der Waals surface area contributed by atoms with Crippen LogP contribution < -0.4 is 9.31 Å². The minimum Gasteiger partial charge on any atom is -0.526 e. The molecule has 0 aromatic heterocycles. The third-order valence-corrected chi connectivity index (χ3v) is 2.62. The highest BCUT2D eigenvalue weighted by Crippen LogP contribution is 2.20. The van der Waals surface area contributed by atoms with Crippen molar-refractivity contribution in [2.75, 3.05) is 0 Å². The molecule has 0 spiro atoms. The molecule has 0 N–H and O–H groups in total. The Labute approximate surface area is 111 Å². The summed E-state index contributed by atoms with van der Waals surface area (Å²) in [5.74, 6) is 0.364. The Balaban J connectivity index is 1.96. The van der Waals surface area contributed by atoms with Gasteiger partial charge in [-0.25, -0.2) is 8.78 Å². The van der Waals surface area contributed by atoms with Gasteiger partial charge in [-0.05, 0) is 61.4 Å². The number of benzene rings is 2. The van der Waals surface area contributed by atoms with Crippen LogP contribution in [0.1, 0.15) is 11.1 Å². The molecule has 0 saturated carbocycles. The van der Waals surface area contributed by atoms with E-state index in [1.54, 1.807) is 13.8 Å². The monoisotopic (exact) mass is 261 g/mol. The van der Waals surface area contributed by atoms with Crippen molar-refractivity contribution in [3.8, 4) is 11.5 Å². The van der Waals surface area contributed by atoms with Crippen molar-refractivity contribution in [3.63, 3.8) is 0 Å². The van der Waals surface area contributed by atoms with E-state index in [9.17, 15) is 8.78 Å². The standard InChI is InChI=1S/C14H12BF2O2/c1-9-7-11(16)3-5-13(9)18-15-19-14-6-4-12(17)8-10(14)2/h3-8H,1-2H3. The summed E-state index contributed by atoms with van der Waals surface area (Å²) in [6, 6.07) is 8.38. The van der Waals surface area contributed by atoms with Gasteiger partial charge in [0.15, 0.2) is 0 Å². The Bertz CT molecular complexity index is 536. The quantitative estimate of drug-likeness (QED) is 0.783. The van der Waals surface area contributed by atoms with Gasteiger partial charge in [0.2, 0.25) is 0 Å². The summed E-state index contributed by atoms with van der Waals surface area (Å²) in [7, 11) is 1.14. The molecule has 5 heteroatoms. The Morgan fingerprint density at radius 2 is 1.21 bits per heavy atom.